The zero-order valence-electron chi connectivity index (χ0n) is 11.8. The lowest BCUT2D eigenvalue weighted by Gasteiger charge is -2.19. The van der Waals surface area contributed by atoms with Crippen LogP contribution in [0.15, 0.2) is 18.2 Å². The molecular formula is C14H23N3O2. The molecule has 1 aromatic carbocycles. The molecule has 1 aromatic rings. The molecule has 5 nitrogen and oxygen atoms in total. The average Bonchev–Trinajstić information content (AvgIpc) is 2.39. The van der Waals surface area contributed by atoms with Crippen LogP contribution in [0.3, 0.4) is 0 Å². The third-order valence-electron chi connectivity index (χ3n) is 3.03. The van der Waals surface area contributed by atoms with Gasteiger partial charge in [0.15, 0.2) is 0 Å². The zero-order chi connectivity index (χ0) is 14.4. The molecule has 0 aromatic heterocycles. The van der Waals surface area contributed by atoms with Crippen molar-refractivity contribution in [3.8, 4) is 0 Å². The van der Waals surface area contributed by atoms with Crippen LogP contribution >= 0.6 is 0 Å². The Hall–Kier alpha value is -1.75. The van der Waals surface area contributed by atoms with E-state index in [2.05, 4.69) is 5.32 Å². The summed E-state index contributed by atoms with van der Waals surface area (Å²) in [6, 6.07) is 5.43. The van der Waals surface area contributed by atoms with Gasteiger partial charge in [-0.1, -0.05) is 6.92 Å². The Morgan fingerprint density at radius 2 is 2.16 bits per heavy atom. The van der Waals surface area contributed by atoms with Gasteiger partial charge in [-0.25, -0.2) is 0 Å². The largest absolute Gasteiger partial charge is 0.397 e. The van der Waals surface area contributed by atoms with Crippen molar-refractivity contribution in [2.45, 2.75) is 25.8 Å². The number of nitrogen functional groups attached to an aromatic ring is 1. The molecular weight excluding hydrogens is 242 g/mol. The predicted molar refractivity (Wildman–Crippen MR) is 78.3 cm³/mol. The molecule has 0 saturated heterocycles. The summed E-state index contributed by atoms with van der Waals surface area (Å²) in [4.78, 5) is 13.3. The molecule has 1 amide bonds. The molecule has 1 unspecified atom stereocenters. The van der Waals surface area contributed by atoms with Crippen LogP contribution in [0, 0.1) is 0 Å². The van der Waals surface area contributed by atoms with E-state index in [-0.39, 0.29) is 18.6 Å². The van der Waals surface area contributed by atoms with Crippen LogP contribution in [-0.4, -0.2) is 42.7 Å². The van der Waals surface area contributed by atoms with Gasteiger partial charge in [-0.3, -0.25) is 4.79 Å². The molecule has 0 saturated carbocycles. The minimum atomic E-state index is -0.0688. The number of carbonyl (C=O) groups excluding carboxylic acids is 1. The number of carbonyl (C=O) groups is 1. The number of rotatable bonds is 6. The zero-order valence-corrected chi connectivity index (χ0v) is 11.8. The van der Waals surface area contributed by atoms with Gasteiger partial charge in [-0.15, -0.1) is 0 Å². The number of aliphatic hydroxyl groups is 1. The van der Waals surface area contributed by atoms with E-state index in [1.807, 2.05) is 13.0 Å². The Balaban J connectivity index is 2.85. The van der Waals surface area contributed by atoms with Crippen LogP contribution < -0.4 is 11.1 Å². The Morgan fingerprint density at radius 1 is 1.47 bits per heavy atom. The van der Waals surface area contributed by atoms with E-state index in [1.54, 1.807) is 26.2 Å². The number of nitrogens with zero attached hydrogens (tertiary/aromatic N) is 1. The summed E-state index contributed by atoms with van der Waals surface area (Å²) < 4.78 is 0. The summed E-state index contributed by atoms with van der Waals surface area (Å²) >= 11 is 0. The third kappa shape index (κ3) is 4.13. The van der Waals surface area contributed by atoms with Crippen molar-refractivity contribution in [3.05, 3.63) is 23.8 Å². The maximum absolute atomic E-state index is 11.8. The van der Waals surface area contributed by atoms with E-state index in [0.29, 0.717) is 17.7 Å². The van der Waals surface area contributed by atoms with E-state index in [1.165, 1.54) is 4.90 Å². The molecule has 1 atom stereocenters. The molecule has 0 aliphatic heterocycles. The predicted octanol–water partition coefficient (Wildman–Crippen LogP) is 1.54. The van der Waals surface area contributed by atoms with Gasteiger partial charge in [0, 0.05) is 32.3 Å². The van der Waals surface area contributed by atoms with E-state index >= 15 is 0 Å². The number of hydrogen-bond acceptors (Lipinski definition) is 4. The second-order valence-electron chi connectivity index (χ2n) is 4.76. The molecule has 0 aliphatic rings. The normalized spacial score (nSPS) is 12.0. The highest BCUT2D eigenvalue weighted by Crippen LogP contribution is 2.22. The van der Waals surface area contributed by atoms with Crippen molar-refractivity contribution in [1.82, 2.24) is 4.90 Å². The highest BCUT2D eigenvalue weighted by atomic mass is 16.3. The van der Waals surface area contributed by atoms with Gasteiger partial charge in [0.25, 0.3) is 5.91 Å². The van der Waals surface area contributed by atoms with Crippen molar-refractivity contribution in [1.29, 1.82) is 0 Å². The topological polar surface area (TPSA) is 78.6 Å². The van der Waals surface area contributed by atoms with Crippen molar-refractivity contribution in [3.63, 3.8) is 0 Å². The first-order valence-electron chi connectivity index (χ1n) is 6.48. The van der Waals surface area contributed by atoms with Crippen molar-refractivity contribution >= 4 is 17.3 Å². The smallest absolute Gasteiger partial charge is 0.253 e. The monoisotopic (exact) mass is 265 g/mol. The van der Waals surface area contributed by atoms with Crippen molar-refractivity contribution < 1.29 is 9.90 Å². The first kappa shape index (κ1) is 15.3. The second kappa shape index (κ2) is 6.99. The van der Waals surface area contributed by atoms with Gasteiger partial charge in [0.1, 0.15) is 0 Å². The molecule has 5 heteroatoms. The number of benzene rings is 1. The Labute approximate surface area is 114 Å². The summed E-state index contributed by atoms with van der Waals surface area (Å²) in [5.41, 5.74) is 7.88. The summed E-state index contributed by atoms with van der Waals surface area (Å²) in [6.45, 7) is 2.19. The first-order valence-corrected chi connectivity index (χ1v) is 6.48. The van der Waals surface area contributed by atoms with Gasteiger partial charge >= 0.3 is 0 Å². The highest BCUT2D eigenvalue weighted by Gasteiger charge is 2.12. The van der Waals surface area contributed by atoms with Gasteiger partial charge in [0.05, 0.1) is 11.4 Å². The van der Waals surface area contributed by atoms with Crippen LogP contribution in [0.1, 0.15) is 30.1 Å². The maximum Gasteiger partial charge on any atom is 0.253 e. The van der Waals surface area contributed by atoms with Gasteiger partial charge < -0.3 is 21.1 Å². The fraction of sp³-hybridized carbons (Fsp3) is 0.500. The van der Waals surface area contributed by atoms with E-state index in [9.17, 15) is 4.79 Å². The number of aliphatic hydroxyl groups excluding tert-OH is 1. The molecule has 19 heavy (non-hydrogen) atoms. The third-order valence-corrected chi connectivity index (χ3v) is 3.03. The van der Waals surface area contributed by atoms with E-state index < -0.39 is 0 Å². The number of anilines is 2. The Morgan fingerprint density at radius 3 is 2.63 bits per heavy atom. The summed E-state index contributed by atoms with van der Waals surface area (Å²) in [5, 5.41) is 12.3. The average molecular weight is 265 g/mol. The fourth-order valence-corrected chi connectivity index (χ4v) is 1.84. The van der Waals surface area contributed by atoms with Crippen LogP contribution in [0.25, 0.3) is 0 Å². The molecule has 106 valence electrons. The minimum absolute atomic E-state index is 0.0688. The van der Waals surface area contributed by atoms with E-state index in [0.717, 1.165) is 12.1 Å². The first-order chi connectivity index (χ1) is 8.99. The SMILES string of the molecule is CCC(CCO)Nc1ccc(C(=O)N(C)C)cc1N. The molecule has 0 spiro atoms. The minimum Gasteiger partial charge on any atom is -0.397 e. The van der Waals surface area contributed by atoms with Gasteiger partial charge in [-0.05, 0) is 31.0 Å². The molecule has 0 radical (unpaired) electrons. The number of nitrogens with two attached hydrogens (primary N) is 1. The standard InChI is InChI=1S/C14H23N3O2/c1-4-11(7-8-18)16-13-6-5-10(9-12(13)15)14(19)17(2)3/h5-6,9,11,16,18H,4,7-8,15H2,1-3H3. The lowest BCUT2D eigenvalue weighted by atomic mass is 10.1. The van der Waals surface area contributed by atoms with Crippen LogP contribution in [0.5, 0.6) is 0 Å². The molecule has 4 N–H and O–H groups in total. The molecule has 0 fully saturated rings. The van der Waals surface area contributed by atoms with Crippen LogP contribution in [0.2, 0.25) is 0 Å². The lowest BCUT2D eigenvalue weighted by molar-refractivity contribution is 0.0827. The van der Waals surface area contributed by atoms with E-state index in [4.69, 9.17) is 10.8 Å². The Kier molecular flexibility index (Phi) is 5.63. The molecule has 0 heterocycles. The van der Waals surface area contributed by atoms with Crippen LogP contribution in [-0.2, 0) is 0 Å². The highest BCUT2D eigenvalue weighted by molar-refractivity contribution is 5.95. The van der Waals surface area contributed by atoms with Gasteiger partial charge in [0.2, 0.25) is 0 Å². The van der Waals surface area contributed by atoms with Crippen molar-refractivity contribution in [2.24, 2.45) is 0 Å². The quantitative estimate of drug-likeness (QED) is 0.682. The summed E-state index contributed by atoms with van der Waals surface area (Å²) in [6.07, 6.45) is 1.58. The molecule has 1 rings (SSSR count). The number of amides is 1. The number of nitrogens with one attached hydrogen (secondary N) is 1. The van der Waals surface area contributed by atoms with Crippen LogP contribution in [0.4, 0.5) is 11.4 Å². The van der Waals surface area contributed by atoms with Crippen molar-refractivity contribution in [2.75, 3.05) is 31.8 Å². The lowest BCUT2D eigenvalue weighted by Crippen LogP contribution is -2.23. The fourth-order valence-electron chi connectivity index (χ4n) is 1.84. The Bertz CT molecular complexity index is 433. The molecule has 0 bridgehead atoms. The van der Waals surface area contributed by atoms with Gasteiger partial charge in [-0.2, -0.15) is 0 Å². The second-order valence-corrected chi connectivity index (χ2v) is 4.76. The summed E-state index contributed by atoms with van der Waals surface area (Å²) in [5.74, 6) is -0.0688. The molecule has 0 aliphatic carbocycles. The number of hydrogen-bond donors (Lipinski definition) is 3. The maximum atomic E-state index is 11.8. The summed E-state index contributed by atoms with van der Waals surface area (Å²) in [7, 11) is 3.41.